The Hall–Kier alpha value is -1.60. The highest BCUT2D eigenvalue weighted by Gasteiger charge is 2.09. The molecule has 0 bridgehead atoms. The Balaban J connectivity index is 2.56. The third-order valence-corrected chi connectivity index (χ3v) is 2.68. The number of nitriles is 1. The second-order valence-corrected chi connectivity index (χ2v) is 3.80. The van der Waals surface area contributed by atoms with Crippen LogP contribution >= 0.6 is 15.9 Å². The van der Waals surface area contributed by atoms with Gasteiger partial charge in [-0.05, 0) is 34.1 Å². The highest BCUT2D eigenvalue weighted by molar-refractivity contribution is 9.10. The van der Waals surface area contributed by atoms with Gasteiger partial charge in [-0.1, -0.05) is 12.1 Å². The number of halogens is 2. The monoisotopic (exact) mass is 264 g/mol. The number of benzene rings is 1. The standard InChI is InChI=1S/C11H6BrFN2/c12-11-7(6-14)5-10(15-11)8-3-1-2-4-9(8)13/h1-5,15H. The summed E-state index contributed by atoms with van der Waals surface area (Å²) in [6.45, 7) is 0. The molecule has 0 aliphatic carbocycles. The van der Waals surface area contributed by atoms with Gasteiger partial charge in [0.25, 0.3) is 0 Å². The minimum atomic E-state index is -0.310. The largest absolute Gasteiger partial charge is 0.348 e. The van der Waals surface area contributed by atoms with Crippen molar-refractivity contribution in [2.24, 2.45) is 0 Å². The van der Waals surface area contributed by atoms with E-state index in [0.717, 1.165) is 0 Å². The summed E-state index contributed by atoms with van der Waals surface area (Å²) >= 11 is 3.20. The zero-order chi connectivity index (χ0) is 10.8. The van der Waals surface area contributed by atoms with Crippen LogP contribution in [0.3, 0.4) is 0 Å². The minimum absolute atomic E-state index is 0.310. The normalized spacial score (nSPS) is 9.93. The van der Waals surface area contributed by atoms with Crippen molar-refractivity contribution in [3.05, 3.63) is 46.3 Å². The summed E-state index contributed by atoms with van der Waals surface area (Å²) in [5.41, 5.74) is 1.52. The molecule has 0 saturated carbocycles. The molecule has 0 amide bonds. The van der Waals surface area contributed by atoms with E-state index in [9.17, 15) is 4.39 Å². The Morgan fingerprint density at radius 1 is 1.33 bits per heavy atom. The van der Waals surface area contributed by atoms with Crippen molar-refractivity contribution in [2.45, 2.75) is 0 Å². The van der Waals surface area contributed by atoms with Gasteiger partial charge >= 0.3 is 0 Å². The zero-order valence-corrected chi connectivity index (χ0v) is 9.18. The highest BCUT2D eigenvalue weighted by atomic mass is 79.9. The van der Waals surface area contributed by atoms with Gasteiger partial charge in [-0.3, -0.25) is 0 Å². The molecule has 0 saturated heterocycles. The van der Waals surface area contributed by atoms with Crippen molar-refractivity contribution in [2.75, 3.05) is 0 Å². The van der Waals surface area contributed by atoms with Gasteiger partial charge in [0.2, 0.25) is 0 Å². The van der Waals surface area contributed by atoms with Gasteiger partial charge in [-0.25, -0.2) is 4.39 Å². The van der Waals surface area contributed by atoms with Gasteiger partial charge in [0.15, 0.2) is 0 Å². The maximum Gasteiger partial charge on any atom is 0.132 e. The number of hydrogen-bond acceptors (Lipinski definition) is 1. The van der Waals surface area contributed by atoms with E-state index in [4.69, 9.17) is 5.26 Å². The van der Waals surface area contributed by atoms with Crippen LogP contribution in [0, 0.1) is 17.1 Å². The number of H-pyrrole nitrogens is 1. The van der Waals surface area contributed by atoms with Gasteiger partial charge in [0, 0.05) is 5.56 Å². The zero-order valence-electron chi connectivity index (χ0n) is 7.59. The summed E-state index contributed by atoms with van der Waals surface area (Å²) in [5.74, 6) is -0.310. The van der Waals surface area contributed by atoms with Gasteiger partial charge in [0.1, 0.15) is 16.5 Å². The molecule has 2 nitrogen and oxygen atoms in total. The Kier molecular flexibility index (Phi) is 2.57. The summed E-state index contributed by atoms with van der Waals surface area (Å²) < 4.78 is 14.0. The molecule has 0 atom stereocenters. The SMILES string of the molecule is N#Cc1cc(-c2ccccc2F)[nH]c1Br. The molecule has 74 valence electrons. The lowest BCUT2D eigenvalue weighted by atomic mass is 10.1. The molecule has 2 rings (SSSR count). The number of rotatable bonds is 1. The van der Waals surface area contributed by atoms with Crippen LogP contribution in [0.4, 0.5) is 4.39 Å². The van der Waals surface area contributed by atoms with Crippen LogP contribution < -0.4 is 0 Å². The van der Waals surface area contributed by atoms with E-state index >= 15 is 0 Å². The number of hydrogen-bond donors (Lipinski definition) is 1. The fraction of sp³-hybridized carbons (Fsp3) is 0. The van der Waals surface area contributed by atoms with Crippen molar-refractivity contribution in [3.8, 4) is 17.3 Å². The first kappa shape index (κ1) is 9.94. The van der Waals surface area contributed by atoms with Crippen LogP contribution in [-0.4, -0.2) is 4.98 Å². The summed E-state index contributed by atoms with van der Waals surface area (Å²) in [6, 6.07) is 10.0. The summed E-state index contributed by atoms with van der Waals surface area (Å²) in [6.07, 6.45) is 0. The fourth-order valence-corrected chi connectivity index (χ4v) is 1.75. The van der Waals surface area contributed by atoms with Crippen LogP contribution in [-0.2, 0) is 0 Å². The van der Waals surface area contributed by atoms with E-state index in [-0.39, 0.29) is 5.82 Å². The van der Waals surface area contributed by atoms with Crippen molar-refractivity contribution >= 4 is 15.9 Å². The molecule has 2 aromatic rings. The van der Waals surface area contributed by atoms with E-state index in [1.165, 1.54) is 6.07 Å². The van der Waals surface area contributed by atoms with Gasteiger partial charge in [-0.2, -0.15) is 5.26 Å². The minimum Gasteiger partial charge on any atom is -0.348 e. The van der Waals surface area contributed by atoms with E-state index in [2.05, 4.69) is 20.9 Å². The van der Waals surface area contributed by atoms with Crippen molar-refractivity contribution in [1.29, 1.82) is 5.26 Å². The smallest absolute Gasteiger partial charge is 0.132 e. The van der Waals surface area contributed by atoms with E-state index < -0.39 is 0 Å². The third-order valence-electron chi connectivity index (χ3n) is 2.05. The molecule has 4 heteroatoms. The second kappa shape index (κ2) is 3.87. The first-order valence-electron chi connectivity index (χ1n) is 4.26. The van der Waals surface area contributed by atoms with Crippen LogP contribution in [0.15, 0.2) is 34.9 Å². The van der Waals surface area contributed by atoms with Crippen LogP contribution in [0.5, 0.6) is 0 Å². The van der Waals surface area contributed by atoms with Crippen LogP contribution in [0.2, 0.25) is 0 Å². The first-order valence-corrected chi connectivity index (χ1v) is 5.05. The molecular formula is C11H6BrFN2. The maximum atomic E-state index is 13.4. The van der Waals surface area contributed by atoms with E-state index in [1.807, 2.05) is 6.07 Å². The highest BCUT2D eigenvalue weighted by Crippen LogP contribution is 2.26. The summed E-state index contributed by atoms with van der Waals surface area (Å²) in [5, 5.41) is 8.75. The molecule has 1 aromatic heterocycles. The molecular weight excluding hydrogens is 259 g/mol. The van der Waals surface area contributed by atoms with Gasteiger partial charge in [0.05, 0.1) is 11.3 Å². The predicted octanol–water partition coefficient (Wildman–Crippen LogP) is 3.45. The molecule has 0 aliphatic heterocycles. The molecule has 0 aliphatic rings. The average molecular weight is 265 g/mol. The number of aromatic amines is 1. The summed E-state index contributed by atoms with van der Waals surface area (Å²) in [7, 11) is 0. The molecule has 1 N–H and O–H groups in total. The molecule has 1 aromatic carbocycles. The lowest BCUT2D eigenvalue weighted by Crippen LogP contribution is -1.82. The van der Waals surface area contributed by atoms with Gasteiger partial charge in [-0.15, -0.1) is 0 Å². The summed E-state index contributed by atoms with van der Waals surface area (Å²) in [4.78, 5) is 2.91. The van der Waals surface area contributed by atoms with Crippen LogP contribution in [0.1, 0.15) is 5.56 Å². The lowest BCUT2D eigenvalue weighted by molar-refractivity contribution is 0.631. The molecule has 0 unspecified atom stereocenters. The van der Waals surface area contributed by atoms with Crippen molar-refractivity contribution in [3.63, 3.8) is 0 Å². The first-order chi connectivity index (χ1) is 7.22. The number of nitrogens with zero attached hydrogens (tertiary/aromatic N) is 1. The number of nitrogens with one attached hydrogen (secondary N) is 1. The van der Waals surface area contributed by atoms with Crippen molar-refractivity contribution < 1.29 is 4.39 Å². The molecule has 0 spiro atoms. The Morgan fingerprint density at radius 3 is 2.67 bits per heavy atom. The van der Waals surface area contributed by atoms with Gasteiger partial charge < -0.3 is 4.98 Å². The molecule has 1 heterocycles. The third kappa shape index (κ3) is 1.79. The molecule has 0 fully saturated rings. The Bertz CT molecular complexity index is 540. The topological polar surface area (TPSA) is 39.6 Å². The second-order valence-electron chi connectivity index (χ2n) is 3.00. The van der Waals surface area contributed by atoms with E-state index in [1.54, 1.807) is 24.3 Å². The van der Waals surface area contributed by atoms with Crippen LogP contribution in [0.25, 0.3) is 11.3 Å². The fourth-order valence-electron chi connectivity index (χ4n) is 1.34. The Morgan fingerprint density at radius 2 is 2.07 bits per heavy atom. The predicted molar refractivity (Wildman–Crippen MR) is 58.6 cm³/mol. The average Bonchev–Trinajstić information content (AvgIpc) is 2.60. The number of aromatic nitrogens is 1. The molecule has 0 radical (unpaired) electrons. The lowest BCUT2D eigenvalue weighted by Gasteiger charge is -1.98. The molecule has 15 heavy (non-hydrogen) atoms. The van der Waals surface area contributed by atoms with E-state index in [0.29, 0.717) is 21.4 Å². The quantitative estimate of drug-likeness (QED) is 0.842. The maximum absolute atomic E-state index is 13.4. The van der Waals surface area contributed by atoms with Crippen molar-refractivity contribution in [1.82, 2.24) is 4.98 Å². The Labute approximate surface area is 94.5 Å².